The number of nitrogens with zero attached hydrogens (tertiary/aromatic N) is 1. The molecule has 4 heteroatoms. The fourth-order valence-corrected chi connectivity index (χ4v) is 1.71. The van der Waals surface area contributed by atoms with Crippen molar-refractivity contribution < 1.29 is 9.53 Å². The van der Waals surface area contributed by atoms with Gasteiger partial charge in [-0.15, -0.1) is 0 Å². The van der Waals surface area contributed by atoms with E-state index < -0.39 is 11.7 Å². The second kappa shape index (κ2) is 9.82. The van der Waals surface area contributed by atoms with Crippen LogP contribution in [0.4, 0.5) is 4.79 Å². The van der Waals surface area contributed by atoms with Gasteiger partial charge < -0.3 is 4.74 Å². The zero-order valence-corrected chi connectivity index (χ0v) is 13.2. The highest BCUT2D eigenvalue weighted by Gasteiger charge is 2.15. The molecular weight excluding hydrogens is 240 g/mol. The fraction of sp³-hybridized carbons (Fsp3) is 0.867. The lowest BCUT2D eigenvalue weighted by molar-refractivity contribution is 0.0529. The van der Waals surface area contributed by atoms with Crippen molar-refractivity contribution in [2.45, 2.75) is 85.2 Å². The minimum Gasteiger partial charge on any atom is -0.443 e. The van der Waals surface area contributed by atoms with Gasteiger partial charge in [0.25, 0.3) is 0 Å². The van der Waals surface area contributed by atoms with Crippen molar-refractivity contribution in [2.24, 2.45) is 5.10 Å². The molecule has 0 rings (SSSR count). The summed E-state index contributed by atoms with van der Waals surface area (Å²) in [5.41, 5.74) is 3.07. The van der Waals surface area contributed by atoms with Gasteiger partial charge in [0.1, 0.15) is 5.60 Å². The standard InChI is InChI=1S/C15H30N2O2/c1-6-8-9-10-12-13(11-7-2)16-17-14(18)19-15(3,4)5/h6-12H2,1-5H3,(H,17,18)/b16-13-. The van der Waals surface area contributed by atoms with E-state index in [0.717, 1.165) is 31.4 Å². The highest BCUT2D eigenvalue weighted by Crippen LogP contribution is 2.08. The van der Waals surface area contributed by atoms with Crippen LogP contribution < -0.4 is 5.43 Å². The summed E-state index contributed by atoms with van der Waals surface area (Å²) in [5.74, 6) is 0. The van der Waals surface area contributed by atoms with Crippen LogP contribution in [0.3, 0.4) is 0 Å². The summed E-state index contributed by atoms with van der Waals surface area (Å²) in [6, 6.07) is 0. The number of hydrogen-bond donors (Lipinski definition) is 1. The average molecular weight is 270 g/mol. The molecule has 0 aliphatic heterocycles. The molecule has 0 heterocycles. The normalized spacial score (nSPS) is 12.4. The lowest BCUT2D eigenvalue weighted by Gasteiger charge is -2.18. The highest BCUT2D eigenvalue weighted by atomic mass is 16.6. The molecule has 4 nitrogen and oxygen atoms in total. The molecule has 112 valence electrons. The summed E-state index contributed by atoms with van der Waals surface area (Å²) in [4.78, 5) is 11.5. The van der Waals surface area contributed by atoms with Gasteiger partial charge in [0, 0.05) is 5.71 Å². The number of carbonyl (C=O) groups excluding carboxylic acids is 1. The molecule has 0 saturated carbocycles. The number of unbranched alkanes of at least 4 members (excludes halogenated alkanes) is 3. The van der Waals surface area contributed by atoms with Crippen LogP contribution >= 0.6 is 0 Å². The molecule has 0 radical (unpaired) electrons. The van der Waals surface area contributed by atoms with Crippen LogP contribution in [-0.2, 0) is 4.74 Å². The van der Waals surface area contributed by atoms with Crippen LogP contribution in [-0.4, -0.2) is 17.4 Å². The first kappa shape index (κ1) is 17.9. The van der Waals surface area contributed by atoms with E-state index in [0.29, 0.717) is 0 Å². The zero-order valence-electron chi connectivity index (χ0n) is 13.2. The summed E-state index contributed by atoms with van der Waals surface area (Å²) in [6.07, 6.45) is 7.33. The number of ether oxygens (including phenoxy) is 1. The molecule has 0 unspecified atom stereocenters. The first-order chi connectivity index (χ1) is 8.89. The van der Waals surface area contributed by atoms with Crippen molar-refractivity contribution in [3.63, 3.8) is 0 Å². The number of hydrogen-bond acceptors (Lipinski definition) is 3. The predicted octanol–water partition coefficient (Wildman–Crippen LogP) is 4.64. The molecule has 0 aromatic rings. The Labute approximate surface area is 118 Å². The third-order valence-corrected chi connectivity index (χ3v) is 2.56. The maximum Gasteiger partial charge on any atom is 0.428 e. The third kappa shape index (κ3) is 11.7. The Hall–Kier alpha value is -1.06. The van der Waals surface area contributed by atoms with E-state index >= 15 is 0 Å². The van der Waals surface area contributed by atoms with E-state index in [4.69, 9.17) is 4.74 Å². The Balaban J connectivity index is 4.14. The van der Waals surface area contributed by atoms with Gasteiger partial charge in [-0.05, 0) is 40.0 Å². The topological polar surface area (TPSA) is 50.7 Å². The van der Waals surface area contributed by atoms with E-state index in [2.05, 4.69) is 24.4 Å². The van der Waals surface area contributed by atoms with Crippen molar-refractivity contribution in [1.29, 1.82) is 0 Å². The number of hydrazone groups is 1. The van der Waals surface area contributed by atoms with Gasteiger partial charge in [-0.2, -0.15) is 5.10 Å². The van der Waals surface area contributed by atoms with Crippen molar-refractivity contribution in [1.82, 2.24) is 5.43 Å². The van der Waals surface area contributed by atoms with Gasteiger partial charge in [0.05, 0.1) is 0 Å². The zero-order chi connectivity index (χ0) is 14.7. The van der Waals surface area contributed by atoms with E-state index in [1.165, 1.54) is 19.3 Å². The number of amides is 1. The Morgan fingerprint density at radius 3 is 2.26 bits per heavy atom. The Morgan fingerprint density at radius 2 is 1.74 bits per heavy atom. The number of carbonyl (C=O) groups is 1. The van der Waals surface area contributed by atoms with Gasteiger partial charge in [-0.1, -0.05) is 39.5 Å². The quantitative estimate of drug-likeness (QED) is 0.397. The predicted molar refractivity (Wildman–Crippen MR) is 80.5 cm³/mol. The maximum absolute atomic E-state index is 11.5. The first-order valence-electron chi connectivity index (χ1n) is 7.43. The SMILES string of the molecule is CCCCCC/C(CCC)=N\NC(=O)OC(C)(C)C. The molecular formula is C15H30N2O2. The summed E-state index contributed by atoms with van der Waals surface area (Å²) < 4.78 is 5.15. The fourth-order valence-electron chi connectivity index (χ4n) is 1.71. The summed E-state index contributed by atoms with van der Waals surface area (Å²) >= 11 is 0. The second-order valence-electron chi connectivity index (χ2n) is 5.85. The second-order valence-corrected chi connectivity index (χ2v) is 5.85. The minimum atomic E-state index is -0.481. The van der Waals surface area contributed by atoms with E-state index in [1.807, 2.05) is 20.8 Å². The van der Waals surface area contributed by atoms with Crippen LogP contribution in [0.15, 0.2) is 5.10 Å². The molecule has 1 amide bonds. The van der Waals surface area contributed by atoms with Crippen LogP contribution in [0.5, 0.6) is 0 Å². The van der Waals surface area contributed by atoms with E-state index in [1.54, 1.807) is 0 Å². The molecule has 0 bridgehead atoms. The van der Waals surface area contributed by atoms with Crippen LogP contribution in [0.1, 0.15) is 79.6 Å². The first-order valence-corrected chi connectivity index (χ1v) is 7.43. The van der Waals surface area contributed by atoms with E-state index in [-0.39, 0.29) is 0 Å². The smallest absolute Gasteiger partial charge is 0.428 e. The Bertz CT molecular complexity index is 280. The maximum atomic E-state index is 11.5. The molecule has 0 spiro atoms. The minimum absolute atomic E-state index is 0.477. The molecule has 0 aromatic carbocycles. The molecule has 0 fully saturated rings. The van der Waals surface area contributed by atoms with Crippen LogP contribution in [0.25, 0.3) is 0 Å². The van der Waals surface area contributed by atoms with Gasteiger partial charge in [-0.3, -0.25) is 0 Å². The van der Waals surface area contributed by atoms with Crippen molar-refractivity contribution in [2.75, 3.05) is 0 Å². The van der Waals surface area contributed by atoms with Crippen LogP contribution in [0, 0.1) is 0 Å². The molecule has 19 heavy (non-hydrogen) atoms. The lowest BCUT2D eigenvalue weighted by Crippen LogP contribution is -2.30. The molecule has 0 saturated heterocycles. The lowest BCUT2D eigenvalue weighted by atomic mass is 10.1. The van der Waals surface area contributed by atoms with Crippen LogP contribution in [0.2, 0.25) is 0 Å². The van der Waals surface area contributed by atoms with Gasteiger partial charge in [0.15, 0.2) is 0 Å². The Morgan fingerprint density at radius 1 is 1.05 bits per heavy atom. The summed E-state index contributed by atoms with van der Waals surface area (Å²) in [6.45, 7) is 9.84. The van der Waals surface area contributed by atoms with Gasteiger partial charge >= 0.3 is 6.09 Å². The monoisotopic (exact) mass is 270 g/mol. The van der Waals surface area contributed by atoms with Gasteiger partial charge in [-0.25, -0.2) is 10.2 Å². The molecule has 0 aromatic heterocycles. The highest BCUT2D eigenvalue weighted by molar-refractivity contribution is 5.85. The largest absolute Gasteiger partial charge is 0.443 e. The molecule has 0 aliphatic rings. The average Bonchev–Trinajstić information content (AvgIpc) is 2.29. The third-order valence-electron chi connectivity index (χ3n) is 2.56. The van der Waals surface area contributed by atoms with Crippen molar-refractivity contribution in [3.8, 4) is 0 Å². The number of rotatable bonds is 8. The van der Waals surface area contributed by atoms with Gasteiger partial charge in [0.2, 0.25) is 0 Å². The number of nitrogens with one attached hydrogen (secondary N) is 1. The summed E-state index contributed by atoms with van der Waals surface area (Å²) in [5, 5.41) is 4.19. The molecule has 1 N–H and O–H groups in total. The van der Waals surface area contributed by atoms with E-state index in [9.17, 15) is 4.79 Å². The molecule has 0 aliphatic carbocycles. The summed E-state index contributed by atoms with van der Waals surface area (Å²) in [7, 11) is 0. The Kier molecular flexibility index (Phi) is 9.27. The van der Waals surface area contributed by atoms with Crippen molar-refractivity contribution in [3.05, 3.63) is 0 Å². The molecule has 0 atom stereocenters. The van der Waals surface area contributed by atoms with Crippen molar-refractivity contribution >= 4 is 11.8 Å².